The zero-order chi connectivity index (χ0) is 11.2. The zero-order valence-corrected chi connectivity index (χ0v) is 9.61. The van der Waals surface area contributed by atoms with Crippen molar-refractivity contribution in [3.8, 4) is 5.75 Å². The minimum absolute atomic E-state index is 0.679. The first kappa shape index (κ1) is 11.4. The molecule has 88 valence electrons. The van der Waals surface area contributed by atoms with Crippen LogP contribution in [-0.4, -0.2) is 26.2 Å². The van der Waals surface area contributed by atoms with Gasteiger partial charge in [0.2, 0.25) is 0 Å². The highest BCUT2D eigenvalue weighted by molar-refractivity contribution is 5.30. The molecule has 0 spiro atoms. The molecule has 3 nitrogen and oxygen atoms in total. The molecule has 1 aliphatic rings. The molecule has 1 saturated heterocycles. The fourth-order valence-corrected chi connectivity index (χ4v) is 2.05. The number of nitrogens with two attached hydrogens (primary N) is 1. The monoisotopic (exact) mass is 220 g/mol. The van der Waals surface area contributed by atoms with E-state index in [2.05, 4.69) is 29.6 Å². The molecular weight excluding hydrogens is 200 g/mol. The van der Waals surface area contributed by atoms with Gasteiger partial charge in [0.15, 0.2) is 0 Å². The topological polar surface area (TPSA) is 47.3 Å². The van der Waals surface area contributed by atoms with Crippen LogP contribution in [0.4, 0.5) is 0 Å². The summed E-state index contributed by atoms with van der Waals surface area (Å²) in [5.74, 6) is 1.63. The van der Waals surface area contributed by atoms with E-state index in [0.29, 0.717) is 19.1 Å². The van der Waals surface area contributed by atoms with Gasteiger partial charge in [0.1, 0.15) is 5.75 Å². The Kier molecular flexibility index (Phi) is 4.19. The standard InChI is InChI=1S/C13H20N2O/c14-7-1-9-16-13-4-2-11(3-5-13)12-6-8-15-10-12/h2-5,12,15H,1,6-10,14H2. The van der Waals surface area contributed by atoms with Gasteiger partial charge in [-0.05, 0) is 49.5 Å². The van der Waals surface area contributed by atoms with Gasteiger partial charge in [-0.3, -0.25) is 0 Å². The van der Waals surface area contributed by atoms with Gasteiger partial charge in [-0.1, -0.05) is 12.1 Å². The van der Waals surface area contributed by atoms with Crippen molar-refractivity contribution in [3.05, 3.63) is 29.8 Å². The SMILES string of the molecule is NCCCOc1ccc(C2CCNC2)cc1. The Balaban J connectivity index is 1.88. The fraction of sp³-hybridized carbons (Fsp3) is 0.538. The average Bonchev–Trinajstić information content (AvgIpc) is 2.84. The maximum absolute atomic E-state index is 5.57. The van der Waals surface area contributed by atoms with Crippen LogP contribution in [0.25, 0.3) is 0 Å². The van der Waals surface area contributed by atoms with Crippen molar-refractivity contribution in [3.63, 3.8) is 0 Å². The first-order valence-corrected chi connectivity index (χ1v) is 6.03. The minimum Gasteiger partial charge on any atom is -0.494 e. The van der Waals surface area contributed by atoms with Crippen LogP contribution in [0.15, 0.2) is 24.3 Å². The largest absolute Gasteiger partial charge is 0.494 e. The minimum atomic E-state index is 0.679. The molecule has 16 heavy (non-hydrogen) atoms. The van der Waals surface area contributed by atoms with E-state index in [-0.39, 0.29) is 0 Å². The number of benzene rings is 1. The Labute approximate surface area is 97.0 Å². The lowest BCUT2D eigenvalue weighted by Crippen LogP contribution is -2.08. The molecule has 0 aliphatic carbocycles. The third-order valence-electron chi connectivity index (χ3n) is 3.03. The first-order chi connectivity index (χ1) is 7.90. The van der Waals surface area contributed by atoms with Crippen LogP contribution in [0.5, 0.6) is 5.75 Å². The molecule has 0 bridgehead atoms. The van der Waals surface area contributed by atoms with Gasteiger partial charge in [0, 0.05) is 6.54 Å². The Bertz CT molecular complexity index is 304. The highest BCUT2D eigenvalue weighted by Crippen LogP contribution is 2.24. The van der Waals surface area contributed by atoms with E-state index in [1.807, 2.05) is 0 Å². The lowest BCUT2D eigenvalue weighted by atomic mass is 9.98. The highest BCUT2D eigenvalue weighted by atomic mass is 16.5. The van der Waals surface area contributed by atoms with Crippen LogP contribution < -0.4 is 15.8 Å². The molecule has 2 rings (SSSR count). The van der Waals surface area contributed by atoms with E-state index >= 15 is 0 Å². The molecule has 1 unspecified atom stereocenters. The molecule has 1 atom stereocenters. The molecule has 0 aromatic heterocycles. The summed E-state index contributed by atoms with van der Waals surface area (Å²) in [6.45, 7) is 3.64. The van der Waals surface area contributed by atoms with Gasteiger partial charge in [-0.15, -0.1) is 0 Å². The van der Waals surface area contributed by atoms with Crippen molar-refractivity contribution in [2.45, 2.75) is 18.8 Å². The molecule has 3 heteroatoms. The maximum atomic E-state index is 5.57. The van der Waals surface area contributed by atoms with Crippen molar-refractivity contribution < 1.29 is 4.74 Å². The van der Waals surface area contributed by atoms with Crippen molar-refractivity contribution in [1.29, 1.82) is 0 Å². The normalized spacial score (nSPS) is 19.9. The Morgan fingerprint density at radius 2 is 2.12 bits per heavy atom. The van der Waals surface area contributed by atoms with E-state index < -0.39 is 0 Å². The Morgan fingerprint density at radius 3 is 2.75 bits per heavy atom. The van der Waals surface area contributed by atoms with Crippen LogP contribution in [0.3, 0.4) is 0 Å². The van der Waals surface area contributed by atoms with Crippen LogP contribution >= 0.6 is 0 Å². The predicted octanol–water partition coefficient (Wildman–Crippen LogP) is 1.49. The molecule has 1 fully saturated rings. The van der Waals surface area contributed by atoms with Crippen molar-refractivity contribution in [2.24, 2.45) is 5.73 Å². The van der Waals surface area contributed by atoms with E-state index in [1.54, 1.807) is 0 Å². The van der Waals surface area contributed by atoms with E-state index in [0.717, 1.165) is 25.3 Å². The number of nitrogens with one attached hydrogen (secondary N) is 1. The molecule has 1 aromatic carbocycles. The van der Waals surface area contributed by atoms with Crippen LogP contribution in [0, 0.1) is 0 Å². The van der Waals surface area contributed by atoms with Crippen LogP contribution in [0.2, 0.25) is 0 Å². The average molecular weight is 220 g/mol. The van der Waals surface area contributed by atoms with Gasteiger partial charge < -0.3 is 15.8 Å². The Morgan fingerprint density at radius 1 is 1.31 bits per heavy atom. The summed E-state index contributed by atoms with van der Waals surface area (Å²) < 4.78 is 5.57. The van der Waals surface area contributed by atoms with Crippen LogP contribution in [-0.2, 0) is 0 Å². The van der Waals surface area contributed by atoms with Crippen molar-refractivity contribution in [2.75, 3.05) is 26.2 Å². The lowest BCUT2D eigenvalue weighted by Gasteiger charge is -2.10. The lowest BCUT2D eigenvalue weighted by molar-refractivity contribution is 0.313. The van der Waals surface area contributed by atoms with Gasteiger partial charge in [0.25, 0.3) is 0 Å². The van der Waals surface area contributed by atoms with Gasteiger partial charge >= 0.3 is 0 Å². The summed E-state index contributed by atoms with van der Waals surface area (Å²) in [5, 5.41) is 3.38. The molecule has 1 aromatic rings. The number of hydrogen-bond donors (Lipinski definition) is 2. The highest BCUT2D eigenvalue weighted by Gasteiger charge is 2.15. The zero-order valence-electron chi connectivity index (χ0n) is 9.61. The Hall–Kier alpha value is -1.06. The quantitative estimate of drug-likeness (QED) is 0.739. The van der Waals surface area contributed by atoms with Crippen LogP contribution in [0.1, 0.15) is 24.3 Å². The van der Waals surface area contributed by atoms with Gasteiger partial charge in [0.05, 0.1) is 6.61 Å². The molecule has 1 heterocycles. The van der Waals surface area contributed by atoms with E-state index in [9.17, 15) is 0 Å². The molecular formula is C13H20N2O. The van der Waals surface area contributed by atoms with Crippen molar-refractivity contribution >= 4 is 0 Å². The maximum Gasteiger partial charge on any atom is 0.119 e. The summed E-state index contributed by atoms with van der Waals surface area (Å²) in [5.41, 5.74) is 6.83. The van der Waals surface area contributed by atoms with Gasteiger partial charge in [-0.25, -0.2) is 0 Å². The van der Waals surface area contributed by atoms with Crippen molar-refractivity contribution in [1.82, 2.24) is 5.32 Å². The predicted molar refractivity (Wildman–Crippen MR) is 65.8 cm³/mol. The summed E-state index contributed by atoms with van der Waals surface area (Å²) in [7, 11) is 0. The third kappa shape index (κ3) is 2.97. The summed E-state index contributed by atoms with van der Waals surface area (Å²) in [4.78, 5) is 0. The number of ether oxygens (including phenoxy) is 1. The second-order valence-electron chi connectivity index (χ2n) is 4.25. The summed E-state index contributed by atoms with van der Waals surface area (Å²) >= 11 is 0. The smallest absolute Gasteiger partial charge is 0.119 e. The van der Waals surface area contributed by atoms with Gasteiger partial charge in [-0.2, -0.15) is 0 Å². The molecule has 0 amide bonds. The summed E-state index contributed by atoms with van der Waals surface area (Å²) in [6, 6.07) is 8.47. The van der Waals surface area contributed by atoms with E-state index in [4.69, 9.17) is 10.5 Å². The summed E-state index contributed by atoms with van der Waals surface area (Å²) in [6.07, 6.45) is 2.15. The molecule has 0 radical (unpaired) electrons. The fourth-order valence-electron chi connectivity index (χ4n) is 2.05. The number of hydrogen-bond acceptors (Lipinski definition) is 3. The molecule has 3 N–H and O–H groups in total. The number of rotatable bonds is 5. The van der Waals surface area contributed by atoms with E-state index in [1.165, 1.54) is 12.0 Å². The second kappa shape index (κ2) is 5.87. The molecule has 0 saturated carbocycles. The first-order valence-electron chi connectivity index (χ1n) is 6.03. The second-order valence-corrected chi connectivity index (χ2v) is 4.25. The third-order valence-corrected chi connectivity index (χ3v) is 3.03. The molecule has 1 aliphatic heterocycles.